The minimum Gasteiger partial charge on any atom is -0.303 e. The van der Waals surface area contributed by atoms with Crippen LogP contribution in [0.1, 0.15) is 37.3 Å². The summed E-state index contributed by atoms with van der Waals surface area (Å²) in [6.45, 7) is 2.17. The first-order valence-electron chi connectivity index (χ1n) is 8.02. The molecular weight excluding hydrogens is 284 g/mol. The fraction of sp³-hybridized carbons (Fsp3) is 0.250. The summed E-state index contributed by atoms with van der Waals surface area (Å²) < 4.78 is 0. The van der Waals surface area contributed by atoms with Crippen LogP contribution in [0.5, 0.6) is 0 Å². The summed E-state index contributed by atoms with van der Waals surface area (Å²) in [7, 11) is 0. The van der Waals surface area contributed by atoms with E-state index in [4.69, 9.17) is 4.99 Å². The number of amidine groups is 1. The van der Waals surface area contributed by atoms with E-state index in [1.165, 1.54) is 5.56 Å². The lowest BCUT2D eigenvalue weighted by Gasteiger charge is -2.19. The fourth-order valence-electron chi connectivity index (χ4n) is 3.02. The Bertz CT molecular complexity index is 735. The van der Waals surface area contributed by atoms with Crippen molar-refractivity contribution in [2.75, 3.05) is 0 Å². The standard InChI is InChI=1S/C20H20N2O/c1-20(17-12-6-3-7-13-17)19(16-10-4-2-5-11-16)21-18(22-20)14-8-9-15-23/h2-7,10-13,15H,8-9,14H2,1H3/p+1. The monoisotopic (exact) mass is 305 g/mol. The van der Waals surface area contributed by atoms with E-state index in [1.54, 1.807) is 0 Å². The molecule has 1 atom stereocenters. The molecule has 3 rings (SSSR count). The molecule has 0 saturated carbocycles. The molecule has 1 aliphatic rings. The molecular formula is C20H21N2O+. The van der Waals surface area contributed by atoms with Crippen LogP contribution in [-0.4, -0.2) is 17.8 Å². The number of benzene rings is 2. The molecule has 23 heavy (non-hydrogen) atoms. The van der Waals surface area contributed by atoms with Crippen molar-refractivity contribution >= 4 is 17.8 Å². The Balaban J connectivity index is 2.00. The van der Waals surface area contributed by atoms with Gasteiger partial charge in [-0.05, 0) is 18.3 Å². The van der Waals surface area contributed by atoms with Gasteiger partial charge < -0.3 is 4.79 Å². The molecule has 0 aliphatic carbocycles. The van der Waals surface area contributed by atoms with Gasteiger partial charge in [-0.25, -0.2) is 0 Å². The van der Waals surface area contributed by atoms with Crippen LogP contribution in [0.15, 0.2) is 65.7 Å². The van der Waals surface area contributed by atoms with Crippen molar-refractivity contribution in [3.8, 4) is 0 Å². The van der Waals surface area contributed by atoms with Crippen molar-refractivity contribution in [2.24, 2.45) is 4.99 Å². The molecule has 1 N–H and O–H groups in total. The third-order valence-corrected chi connectivity index (χ3v) is 4.25. The zero-order chi connectivity index (χ0) is 16.1. The van der Waals surface area contributed by atoms with E-state index in [2.05, 4.69) is 48.3 Å². The molecule has 1 unspecified atom stereocenters. The second kappa shape index (κ2) is 6.69. The third-order valence-electron chi connectivity index (χ3n) is 4.25. The van der Waals surface area contributed by atoms with Crippen LogP contribution in [0, 0.1) is 0 Å². The molecule has 2 aromatic rings. The largest absolute Gasteiger partial charge is 0.303 e. The molecule has 0 fully saturated rings. The predicted molar refractivity (Wildman–Crippen MR) is 92.7 cm³/mol. The molecule has 0 bridgehead atoms. The maximum absolute atomic E-state index is 10.5. The van der Waals surface area contributed by atoms with Gasteiger partial charge in [-0.3, -0.25) is 4.99 Å². The number of hydrogen-bond acceptors (Lipinski definition) is 2. The van der Waals surface area contributed by atoms with E-state index in [9.17, 15) is 4.79 Å². The molecule has 2 aromatic carbocycles. The second-order valence-electron chi connectivity index (χ2n) is 5.95. The summed E-state index contributed by atoms with van der Waals surface area (Å²) in [5.74, 6) is 0.956. The molecule has 1 heterocycles. The van der Waals surface area contributed by atoms with Gasteiger partial charge in [0, 0.05) is 17.5 Å². The lowest BCUT2D eigenvalue weighted by Crippen LogP contribution is -2.84. The highest BCUT2D eigenvalue weighted by Crippen LogP contribution is 2.24. The average molecular weight is 305 g/mol. The van der Waals surface area contributed by atoms with Crippen molar-refractivity contribution in [2.45, 2.75) is 31.7 Å². The van der Waals surface area contributed by atoms with Crippen molar-refractivity contribution in [3.05, 3.63) is 71.8 Å². The average Bonchev–Trinajstić information content (AvgIpc) is 2.95. The number of nitrogens with one attached hydrogen (secondary N) is 1. The van der Waals surface area contributed by atoms with Crippen LogP contribution < -0.4 is 4.99 Å². The van der Waals surface area contributed by atoms with Crippen molar-refractivity contribution < 1.29 is 9.79 Å². The Morgan fingerprint density at radius 2 is 1.70 bits per heavy atom. The lowest BCUT2D eigenvalue weighted by molar-refractivity contribution is -0.530. The van der Waals surface area contributed by atoms with Gasteiger partial charge in [0.25, 0.3) is 5.84 Å². The topological polar surface area (TPSA) is 43.4 Å². The zero-order valence-electron chi connectivity index (χ0n) is 13.3. The van der Waals surface area contributed by atoms with E-state index in [1.807, 2.05) is 24.3 Å². The number of aldehydes is 1. The van der Waals surface area contributed by atoms with E-state index < -0.39 is 0 Å². The first-order chi connectivity index (χ1) is 11.2. The van der Waals surface area contributed by atoms with Crippen LogP contribution in [0.4, 0.5) is 0 Å². The molecule has 0 spiro atoms. The summed E-state index contributed by atoms with van der Waals surface area (Å²) in [5.41, 5.74) is 2.99. The van der Waals surface area contributed by atoms with Gasteiger partial charge in [0.15, 0.2) is 5.54 Å². The summed E-state index contributed by atoms with van der Waals surface area (Å²) >= 11 is 0. The Morgan fingerprint density at radius 1 is 1.04 bits per heavy atom. The van der Waals surface area contributed by atoms with Crippen LogP contribution >= 0.6 is 0 Å². The van der Waals surface area contributed by atoms with Gasteiger partial charge >= 0.3 is 0 Å². The summed E-state index contributed by atoms with van der Waals surface area (Å²) in [5, 5.41) is 0. The highest BCUT2D eigenvalue weighted by Gasteiger charge is 2.44. The maximum Gasteiger partial charge on any atom is 0.293 e. The van der Waals surface area contributed by atoms with Crippen molar-refractivity contribution in [1.82, 2.24) is 0 Å². The van der Waals surface area contributed by atoms with E-state index in [0.717, 1.165) is 36.2 Å². The maximum atomic E-state index is 10.5. The number of carbonyl (C=O) groups is 1. The van der Waals surface area contributed by atoms with E-state index in [-0.39, 0.29) is 5.54 Å². The smallest absolute Gasteiger partial charge is 0.293 e. The first-order valence-corrected chi connectivity index (χ1v) is 8.02. The molecule has 0 saturated heterocycles. The predicted octanol–water partition coefficient (Wildman–Crippen LogP) is 2.25. The van der Waals surface area contributed by atoms with Crippen molar-refractivity contribution in [3.63, 3.8) is 0 Å². The molecule has 3 heteroatoms. The van der Waals surface area contributed by atoms with Crippen molar-refractivity contribution in [1.29, 1.82) is 0 Å². The Morgan fingerprint density at radius 3 is 2.35 bits per heavy atom. The van der Waals surface area contributed by atoms with Crippen LogP contribution in [0.25, 0.3) is 0 Å². The quantitative estimate of drug-likeness (QED) is 0.645. The zero-order valence-corrected chi connectivity index (χ0v) is 13.3. The number of carbonyl (C=O) groups excluding carboxylic acids is 1. The van der Waals surface area contributed by atoms with Crippen LogP contribution in [0.3, 0.4) is 0 Å². The molecule has 0 radical (unpaired) electrons. The minimum absolute atomic E-state index is 0.348. The highest BCUT2D eigenvalue weighted by atomic mass is 16.1. The summed E-state index contributed by atoms with van der Waals surface area (Å²) in [6.07, 6.45) is 3.15. The summed E-state index contributed by atoms with van der Waals surface area (Å²) in [4.78, 5) is 19.0. The minimum atomic E-state index is -0.348. The first kappa shape index (κ1) is 15.3. The molecule has 0 amide bonds. The SMILES string of the molecule is CC1(c2ccccc2)[NH+]=C(CCCC=O)N=C1c1ccccc1. The third kappa shape index (κ3) is 3.14. The summed E-state index contributed by atoms with van der Waals surface area (Å²) in [6, 6.07) is 20.6. The number of hydrogen-bond donors (Lipinski definition) is 1. The van der Waals surface area contributed by atoms with Gasteiger partial charge in [-0.2, -0.15) is 0 Å². The molecule has 3 nitrogen and oxygen atoms in total. The van der Waals surface area contributed by atoms with Gasteiger partial charge in [0.1, 0.15) is 6.29 Å². The number of unbranched alkanes of at least 4 members (excludes halogenated alkanes) is 1. The molecule has 0 aromatic heterocycles. The van der Waals surface area contributed by atoms with Crippen LogP contribution in [0.2, 0.25) is 0 Å². The normalized spacial score (nSPS) is 20.0. The van der Waals surface area contributed by atoms with Gasteiger partial charge in [-0.15, -0.1) is 0 Å². The van der Waals surface area contributed by atoms with Gasteiger partial charge in [0.05, 0.1) is 6.42 Å². The second-order valence-corrected chi connectivity index (χ2v) is 5.95. The lowest BCUT2D eigenvalue weighted by atomic mass is 9.84. The number of nitrogens with zero attached hydrogens (tertiary/aromatic N) is 1. The Hall–Kier alpha value is -2.55. The van der Waals surface area contributed by atoms with Crippen LogP contribution in [-0.2, 0) is 10.3 Å². The van der Waals surface area contributed by atoms with Gasteiger partial charge in [-0.1, -0.05) is 60.7 Å². The Labute approximate surface area is 136 Å². The number of aliphatic imine (C=N–C) groups is 1. The van der Waals surface area contributed by atoms with Gasteiger partial charge in [0.2, 0.25) is 5.71 Å². The number of rotatable bonds is 6. The molecule has 116 valence electrons. The fourth-order valence-corrected chi connectivity index (χ4v) is 3.02. The highest BCUT2D eigenvalue weighted by molar-refractivity contribution is 6.13. The molecule has 1 aliphatic heterocycles. The Kier molecular flexibility index (Phi) is 4.47. The van der Waals surface area contributed by atoms with E-state index >= 15 is 0 Å². The van der Waals surface area contributed by atoms with E-state index in [0.29, 0.717) is 6.42 Å².